The average Bonchev–Trinajstić information content (AvgIpc) is 2.70. The van der Waals surface area contributed by atoms with Gasteiger partial charge in [-0.05, 0) is 32.3 Å². The van der Waals surface area contributed by atoms with Crippen molar-refractivity contribution in [1.82, 2.24) is 9.88 Å². The molecule has 2 aromatic heterocycles. The summed E-state index contributed by atoms with van der Waals surface area (Å²) in [6.07, 6.45) is 0. The SMILES string of the molecule is Br.CN(C)Cc1cc2c([nH]c(=O)c3cccc(O)c32)s1. The second-order valence-corrected chi connectivity index (χ2v) is 5.98. The molecule has 0 amide bonds. The van der Waals surface area contributed by atoms with Crippen LogP contribution in [0.4, 0.5) is 0 Å². The van der Waals surface area contributed by atoms with Crippen molar-refractivity contribution in [2.24, 2.45) is 0 Å². The normalized spacial score (nSPS) is 11.2. The molecule has 1 aromatic carbocycles. The predicted octanol–water partition coefficient (Wildman–Crippen LogP) is 3.09. The summed E-state index contributed by atoms with van der Waals surface area (Å²) in [6, 6.07) is 7.07. The Morgan fingerprint density at radius 1 is 1.30 bits per heavy atom. The van der Waals surface area contributed by atoms with Gasteiger partial charge in [-0.25, -0.2) is 0 Å². The smallest absolute Gasteiger partial charge is 0.257 e. The van der Waals surface area contributed by atoms with Gasteiger partial charge in [-0.3, -0.25) is 4.79 Å². The van der Waals surface area contributed by atoms with Crippen LogP contribution in [0.25, 0.3) is 21.0 Å². The minimum absolute atomic E-state index is 0. The maximum Gasteiger partial charge on any atom is 0.257 e. The monoisotopic (exact) mass is 354 g/mol. The van der Waals surface area contributed by atoms with E-state index in [9.17, 15) is 9.90 Å². The first-order chi connectivity index (χ1) is 9.06. The quantitative estimate of drug-likeness (QED) is 0.743. The van der Waals surface area contributed by atoms with Crippen LogP contribution in [0, 0.1) is 0 Å². The molecule has 106 valence electrons. The Bertz CT molecular complexity index is 823. The molecule has 3 rings (SSSR count). The molecule has 0 fully saturated rings. The van der Waals surface area contributed by atoms with Crippen molar-refractivity contribution in [3.8, 4) is 5.75 Å². The zero-order valence-corrected chi connectivity index (χ0v) is 13.7. The summed E-state index contributed by atoms with van der Waals surface area (Å²) in [6.45, 7) is 0.816. The molecule has 2 heterocycles. The number of halogens is 1. The Hall–Kier alpha value is -1.37. The van der Waals surface area contributed by atoms with Crippen molar-refractivity contribution in [2.45, 2.75) is 6.54 Å². The Kier molecular flexibility index (Phi) is 4.17. The van der Waals surface area contributed by atoms with Gasteiger partial charge in [0.15, 0.2) is 0 Å². The van der Waals surface area contributed by atoms with Crippen molar-refractivity contribution in [3.63, 3.8) is 0 Å². The summed E-state index contributed by atoms with van der Waals surface area (Å²) < 4.78 is 0. The van der Waals surface area contributed by atoms with Crippen LogP contribution < -0.4 is 5.56 Å². The summed E-state index contributed by atoms with van der Waals surface area (Å²) in [7, 11) is 4.01. The Morgan fingerprint density at radius 3 is 2.75 bits per heavy atom. The van der Waals surface area contributed by atoms with Gasteiger partial charge in [0, 0.05) is 22.2 Å². The van der Waals surface area contributed by atoms with Crippen LogP contribution in [0.5, 0.6) is 5.75 Å². The van der Waals surface area contributed by atoms with Crippen molar-refractivity contribution < 1.29 is 5.11 Å². The highest BCUT2D eigenvalue weighted by atomic mass is 79.9. The van der Waals surface area contributed by atoms with E-state index in [1.54, 1.807) is 29.5 Å². The van der Waals surface area contributed by atoms with Crippen molar-refractivity contribution >= 4 is 49.3 Å². The number of fused-ring (bicyclic) bond motifs is 3. The molecule has 3 aromatic rings. The number of H-pyrrole nitrogens is 1. The first kappa shape index (κ1) is 15.0. The van der Waals surface area contributed by atoms with Crippen molar-refractivity contribution in [3.05, 3.63) is 39.5 Å². The van der Waals surface area contributed by atoms with E-state index in [4.69, 9.17) is 0 Å². The fraction of sp³-hybridized carbons (Fsp3) is 0.214. The number of benzene rings is 1. The number of phenolic OH excluding ortho intramolecular Hbond substituents is 1. The topological polar surface area (TPSA) is 56.3 Å². The second kappa shape index (κ2) is 5.55. The standard InChI is InChI=1S/C14H14N2O2S.BrH/c1-16(2)7-8-6-10-12-9(4-3-5-11(12)17)13(18)15-14(10)19-8;/h3-6,17H,7H2,1-2H3,(H,15,18);1H. The molecule has 0 radical (unpaired) electrons. The van der Waals surface area contributed by atoms with Gasteiger partial charge < -0.3 is 15.0 Å². The van der Waals surface area contributed by atoms with Crippen LogP contribution in [0.3, 0.4) is 0 Å². The van der Waals surface area contributed by atoms with E-state index >= 15 is 0 Å². The Morgan fingerprint density at radius 2 is 2.05 bits per heavy atom. The van der Waals surface area contributed by atoms with E-state index in [0.29, 0.717) is 10.8 Å². The van der Waals surface area contributed by atoms with Gasteiger partial charge in [0.05, 0.1) is 5.39 Å². The third kappa shape index (κ3) is 2.46. The minimum Gasteiger partial charge on any atom is -0.507 e. The molecule has 4 nitrogen and oxygen atoms in total. The largest absolute Gasteiger partial charge is 0.507 e. The number of thiophene rings is 1. The van der Waals surface area contributed by atoms with Gasteiger partial charge in [0.1, 0.15) is 10.6 Å². The molecule has 6 heteroatoms. The predicted molar refractivity (Wildman–Crippen MR) is 89.3 cm³/mol. The third-order valence-electron chi connectivity index (χ3n) is 3.04. The first-order valence-corrected chi connectivity index (χ1v) is 6.79. The molecule has 0 bridgehead atoms. The number of hydrogen-bond acceptors (Lipinski definition) is 4. The zero-order valence-electron chi connectivity index (χ0n) is 11.1. The number of nitrogens with one attached hydrogen (secondary N) is 1. The lowest BCUT2D eigenvalue weighted by Gasteiger charge is -2.05. The number of aromatic amines is 1. The summed E-state index contributed by atoms with van der Waals surface area (Å²) in [5.41, 5.74) is -0.156. The molecule has 0 aliphatic carbocycles. The molecule has 2 N–H and O–H groups in total. The van der Waals surface area contributed by atoms with Gasteiger partial charge in [-0.1, -0.05) is 6.07 Å². The molecule has 0 unspecified atom stereocenters. The number of aromatic nitrogens is 1. The lowest BCUT2D eigenvalue weighted by atomic mass is 10.1. The number of aromatic hydroxyl groups is 1. The number of nitrogens with zero attached hydrogens (tertiary/aromatic N) is 1. The van der Waals surface area contributed by atoms with Crippen LogP contribution >= 0.6 is 28.3 Å². The lowest BCUT2D eigenvalue weighted by Crippen LogP contribution is -2.09. The molecule has 0 saturated carbocycles. The molecule has 0 aliphatic heterocycles. The van der Waals surface area contributed by atoms with E-state index in [0.717, 1.165) is 21.6 Å². The van der Waals surface area contributed by atoms with E-state index in [1.807, 2.05) is 20.2 Å². The van der Waals surface area contributed by atoms with Crippen LogP contribution in [0.1, 0.15) is 4.88 Å². The van der Waals surface area contributed by atoms with Gasteiger partial charge in [0.2, 0.25) is 0 Å². The molecular formula is C14H15BrN2O2S. The van der Waals surface area contributed by atoms with E-state index < -0.39 is 0 Å². The van der Waals surface area contributed by atoms with Crippen molar-refractivity contribution in [2.75, 3.05) is 14.1 Å². The highest BCUT2D eigenvalue weighted by Crippen LogP contribution is 2.33. The summed E-state index contributed by atoms with van der Waals surface area (Å²) >= 11 is 1.55. The first-order valence-electron chi connectivity index (χ1n) is 5.97. The molecular weight excluding hydrogens is 340 g/mol. The maximum absolute atomic E-state index is 12.0. The minimum atomic E-state index is -0.156. The van der Waals surface area contributed by atoms with Crippen LogP contribution in [0.15, 0.2) is 29.1 Å². The number of rotatable bonds is 2. The average molecular weight is 355 g/mol. The number of hydrogen-bond donors (Lipinski definition) is 2. The summed E-state index contributed by atoms with van der Waals surface area (Å²) in [4.78, 5) is 18.9. The van der Waals surface area contributed by atoms with E-state index in [1.165, 1.54) is 0 Å². The van der Waals surface area contributed by atoms with Crippen LogP contribution in [0.2, 0.25) is 0 Å². The molecule has 0 aliphatic rings. The molecule has 0 atom stereocenters. The highest BCUT2D eigenvalue weighted by molar-refractivity contribution is 8.93. The van der Waals surface area contributed by atoms with Gasteiger partial charge in [-0.2, -0.15) is 0 Å². The lowest BCUT2D eigenvalue weighted by molar-refractivity contribution is 0.406. The fourth-order valence-electron chi connectivity index (χ4n) is 2.29. The molecule has 20 heavy (non-hydrogen) atoms. The summed E-state index contributed by atoms with van der Waals surface area (Å²) in [5.74, 6) is 0.155. The van der Waals surface area contributed by atoms with Crippen LogP contribution in [-0.4, -0.2) is 29.1 Å². The van der Waals surface area contributed by atoms with Crippen molar-refractivity contribution in [1.29, 1.82) is 0 Å². The molecule has 0 saturated heterocycles. The number of pyridine rings is 1. The summed E-state index contributed by atoms with van der Waals surface area (Å²) in [5, 5.41) is 12.1. The highest BCUT2D eigenvalue weighted by Gasteiger charge is 2.12. The maximum atomic E-state index is 12.0. The van der Waals surface area contributed by atoms with E-state index in [-0.39, 0.29) is 28.3 Å². The van der Waals surface area contributed by atoms with Gasteiger partial charge in [-0.15, -0.1) is 28.3 Å². The second-order valence-electron chi connectivity index (χ2n) is 4.85. The number of phenols is 1. The Balaban J connectivity index is 0.00000147. The molecule has 0 spiro atoms. The van der Waals surface area contributed by atoms with Gasteiger partial charge in [0.25, 0.3) is 5.56 Å². The fourth-order valence-corrected chi connectivity index (χ4v) is 3.47. The zero-order chi connectivity index (χ0) is 13.6. The Labute approximate surface area is 130 Å². The van der Waals surface area contributed by atoms with E-state index in [2.05, 4.69) is 9.88 Å². The third-order valence-corrected chi connectivity index (χ3v) is 4.07. The van der Waals surface area contributed by atoms with Gasteiger partial charge >= 0.3 is 0 Å². The van der Waals surface area contributed by atoms with Crippen LogP contribution in [-0.2, 0) is 6.54 Å².